The van der Waals surface area contributed by atoms with Crippen molar-refractivity contribution in [2.24, 2.45) is 4.99 Å². The van der Waals surface area contributed by atoms with Crippen molar-refractivity contribution in [2.75, 3.05) is 52.2 Å². The summed E-state index contributed by atoms with van der Waals surface area (Å²) in [5.74, 6) is 0.534. The van der Waals surface area contributed by atoms with Crippen LogP contribution < -0.4 is 16.0 Å². The molecule has 0 aromatic carbocycles. The van der Waals surface area contributed by atoms with E-state index < -0.39 is 10.0 Å². The van der Waals surface area contributed by atoms with E-state index in [0.29, 0.717) is 51.6 Å². The molecule has 0 aliphatic carbocycles. The lowest BCUT2D eigenvalue weighted by Gasteiger charge is -2.32. The largest absolute Gasteiger partial charge is 0.383 e. The van der Waals surface area contributed by atoms with Crippen molar-refractivity contribution < 1.29 is 17.9 Å². The molecule has 0 radical (unpaired) electrons. The molecule has 26 heavy (non-hydrogen) atoms. The lowest BCUT2D eigenvalue weighted by atomic mass is 10.1. The molecule has 0 unspecified atom stereocenters. The van der Waals surface area contributed by atoms with E-state index in [2.05, 4.69) is 20.9 Å². The van der Waals surface area contributed by atoms with E-state index in [1.807, 2.05) is 6.92 Å². The number of nitrogens with one attached hydrogen (secondary N) is 3. The fourth-order valence-corrected chi connectivity index (χ4v) is 3.61. The van der Waals surface area contributed by atoms with Gasteiger partial charge in [-0.1, -0.05) is 0 Å². The first kappa shape index (κ1) is 25.3. The molecule has 3 N–H and O–H groups in total. The zero-order chi connectivity index (χ0) is 18.7. The zero-order valence-corrected chi connectivity index (χ0v) is 18.9. The summed E-state index contributed by atoms with van der Waals surface area (Å²) >= 11 is 0. The summed E-state index contributed by atoms with van der Waals surface area (Å²) in [6.07, 6.45) is 1.42. The predicted octanol–water partition coefficient (Wildman–Crippen LogP) is -0.264. The maximum absolute atomic E-state index is 11.9. The van der Waals surface area contributed by atoms with E-state index in [9.17, 15) is 13.2 Å². The number of amides is 1. The molecule has 0 spiro atoms. The van der Waals surface area contributed by atoms with E-state index in [-0.39, 0.29) is 48.2 Å². The lowest BCUT2D eigenvalue weighted by Crippen LogP contribution is -2.50. The van der Waals surface area contributed by atoms with Gasteiger partial charge in [-0.25, -0.2) is 17.7 Å². The van der Waals surface area contributed by atoms with Gasteiger partial charge in [-0.05, 0) is 26.7 Å². The van der Waals surface area contributed by atoms with E-state index in [0.717, 1.165) is 0 Å². The number of ether oxygens (including phenoxy) is 1. The normalized spacial score (nSPS) is 16.7. The van der Waals surface area contributed by atoms with Gasteiger partial charge in [0.25, 0.3) is 0 Å². The monoisotopic (exact) mass is 505 g/mol. The summed E-state index contributed by atoms with van der Waals surface area (Å²) in [6, 6.07) is 0.137. The van der Waals surface area contributed by atoms with Gasteiger partial charge in [0.1, 0.15) is 6.54 Å². The Bertz CT molecular complexity index is 536. The Morgan fingerprint density at radius 3 is 2.42 bits per heavy atom. The summed E-state index contributed by atoms with van der Waals surface area (Å²) < 4.78 is 30.2. The number of hydrogen-bond acceptors (Lipinski definition) is 5. The number of carbonyl (C=O) groups is 1. The van der Waals surface area contributed by atoms with Crippen LogP contribution in [0.1, 0.15) is 26.7 Å². The second-order valence-electron chi connectivity index (χ2n) is 5.76. The maximum Gasteiger partial charge on any atom is 0.241 e. The second kappa shape index (κ2) is 13.5. The van der Waals surface area contributed by atoms with E-state index in [1.165, 1.54) is 0 Å². The fraction of sp³-hybridized carbons (Fsp3) is 0.867. The summed E-state index contributed by atoms with van der Waals surface area (Å²) in [6.45, 7) is 6.25. The maximum atomic E-state index is 11.9. The van der Waals surface area contributed by atoms with Crippen LogP contribution in [-0.2, 0) is 19.6 Å². The Morgan fingerprint density at radius 2 is 1.88 bits per heavy atom. The van der Waals surface area contributed by atoms with Crippen LogP contribution in [-0.4, -0.2) is 82.8 Å². The molecular weight excluding hydrogens is 473 g/mol. The molecule has 1 rings (SSSR count). The molecular formula is C15H32IN5O4S. The van der Waals surface area contributed by atoms with Crippen molar-refractivity contribution in [2.45, 2.75) is 32.7 Å². The first-order chi connectivity index (χ1) is 11.9. The van der Waals surface area contributed by atoms with Crippen LogP contribution in [0.2, 0.25) is 0 Å². The quantitative estimate of drug-likeness (QED) is 0.172. The minimum Gasteiger partial charge on any atom is -0.383 e. The Morgan fingerprint density at radius 1 is 1.23 bits per heavy atom. The minimum atomic E-state index is -3.12. The number of hydrogen-bond donors (Lipinski definition) is 3. The third kappa shape index (κ3) is 9.33. The van der Waals surface area contributed by atoms with Crippen molar-refractivity contribution in [1.82, 2.24) is 20.3 Å². The fourth-order valence-electron chi connectivity index (χ4n) is 2.47. The number of methoxy groups -OCH3 is 1. The third-order valence-electron chi connectivity index (χ3n) is 3.91. The highest BCUT2D eigenvalue weighted by atomic mass is 127. The Hall–Kier alpha value is -0.660. The SMILES string of the molecule is CCNC(=NCC(=O)NCCOC)NC1CCN(S(=O)(=O)CC)CC1.I. The van der Waals surface area contributed by atoms with Crippen molar-refractivity contribution in [3.8, 4) is 0 Å². The first-order valence-corrected chi connectivity index (χ1v) is 10.3. The number of halogens is 1. The third-order valence-corrected chi connectivity index (χ3v) is 5.79. The average Bonchev–Trinajstić information content (AvgIpc) is 2.60. The van der Waals surface area contributed by atoms with Crippen LogP contribution in [0.4, 0.5) is 0 Å². The molecule has 1 saturated heterocycles. The molecule has 1 amide bonds. The molecule has 1 aliphatic rings. The van der Waals surface area contributed by atoms with Crippen LogP contribution in [0.15, 0.2) is 4.99 Å². The number of piperidine rings is 1. The summed E-state index contributed by atoms with van der Waals surface area (Å²) in [7, 11) is -1.54. The molecule has 1 heterocycles. The summed E-state index contributed by atoms with van der Waals surface area (Å²) in [4.78, 5) is 16.0. The zero-order valence-electron chi connectivity index (χ0n) is 15.8. The Balaban J connectivity index is 0.00000625. The van der Waals surface area contributed by atoms with Crippen LogP contribution in [0, 0.1) is 0 Å². The molecule has 11 heteroatoms. The Kier molecular flexibility index (Phi) is 13.2. The van der Waals surface area contributed by atoms with Crippen molar-refractivity contribution >= 4 is 45.9 Å². The number of aliphatic imine (C=N–C) groups is 1. The number of guanidine groups is 1. The number of rotatable bonds is 9. The highest BCUT2D eigenvalue weighted by molar-refractivity contribution is 14.0. The molecule has 0 atom stereocenters. The van der Waals surface area contributed by atoms with E-state index >= 15 is 0 Å². The van der Waals surface area contributed by atoms with Crippen molar-refractivity contribution in [3.05, 3.63) is 0 Å². The summed E-state index contributed by atoms with van der Waals surface area (Å²) in [5, 5.41) is 9.10. The van der Waals surface area contributed by atoms with Crippen LogP contribution in [0.25, 0.3) is 0 Å². The molecule has 9 nitrogen and oxygen atoms in total. The van der Waals surface area contributed by atoms with Gasteiger partial charge < -0.3 is 20.7 Å². The molecule has 1 fully saturated rings. The molecule has 0 saturated carbocycles. The summed E-state index contributed by atoms with van der Waals surface area (Å²) in [5.41, 5.74) is 0. The number of nitrogens with zero attached hydrogens (tertiary/aromatic N) is 2. The molecule has 0 aromatic heterocycles. The van der Waals surface area contributed by atoms with Gasteiger partial charge in [0.05, 0.1) is 12.4 Å². The van der Waals surface area contributed by atoms with Gasteiger partial charge in [0.2, 0.25) is 15.9 Å². The molecule has 0 aromatic rings. The molecule has 154 valence electrons. The standard InChI is InChI=1S/C15H31N5O4S.HI/c1-4-16-15(18-12-14(21)17-8-11-24-3)19-13-6-9-20(10-7-13)25(22,23)5-2;/h13H,4-12H2,1-3H3,(H,17,21)(H2,16,18,19);1H. The minimum absolute atomic E-state index is 0. The second-order valence-corrected chi connectivity index (χ2v) is 8.01. The van der Waals surface area contributed by atoms with Crippen LogP contribution >= 0.6 is 24.0 Å². The van der Waals surface area contributed by atoms with Gasteiger partial charge in [-0.2, -0.15) is 0 Å². The first-order valence-electron chi connectivity index (χ1n) is 8.71. The van der Waals surface area contributed by atoms with Gasteiger partial charge in [-0.3, -0.25) is 4.79 Å². The van der Waals surface area contributed by atoms with Crippen molar-refractivity contribution in [1.29, 1.82) is 0 Å². The Labute approximate surface area is 173 Å². The molecule has 1 aliphatic heterocycles. The number of sulfonamides is 1. The van der Waals surface area contributed by atoms with Gasteiger partial charge in [-0.15, -0.1) is 24.0 Å². The predicted molar refractivity (Wildman–Crippen MR) is 113 cm³/mol. The highest BCUT2D eigenvalue weighted by Crippen LogP contribution is 2.14. The lowest BCUT2D eigenvalue weighted by molar-refractivity contribution is -0.119. The highest BCUT2D eigenvalue weighted by Gasteiger charge is 2.26. The van der Waals surface area contributed by atoms with Gasteiger partial charge in [0, 0.05) is 39.3 Å². The number of carbonyl (C=O) groups excluding carboxylic acids is 1. The van der Waals surface area contributed by atoms with E-state index in [1.54, 1.807) is 18.3 Å². The van der Waals surface area contributed by atoms with Crippen LogP contribution in [0.3, 0.4) is 0 Å². The topological polar surface area (TPSA) is 112 Å². The smallest absolute Gasteiger partial charge is 0.241 e. The van der Waals surface area contributed by atoms with Crippen molar-refractivity contribution in [3.63, 3.8) is 0 Å². The molecule has 0 bridgehead atoms. The average molecular weight is 505 g/mol. The van der Waals surface area contributed by atoms with Gasteiger partial charge in [0.15, 0.2) is 5.96 Å². The van der Waals surface area contributed by atoms with Gasteiger partial charge >= 0.3 is 0 Å². The van der Waals surface area contributed by atoms with E-state index in [4.69, 9.17) is 4.74 Å². The van der Waals surface area contributed by atoms with Crippen LogP contribution in [0.5, 0.6) is 0 Å².